The standard InChI is InChI=1S/C14H21NO2/c1-4-13(15)12(9-14(16)17-3)11-7-5-10(2)6-8-11/h5-8,12-13H,4,9,15H2,1-3H3. The van der Waals surface area contributed by atoms with Crippen molar-refractivity contribution < 1.29 is 9.53 Å². The normalized spacial score (nSPS) is 14.1. The molecule has 2 atom stereocenters. The lowest BCUT2D eigenvalue weighted by atomic mass is 9.87. The monoisotopic (exact) mass is 235 g/mol. The third kappa shape index (κ3) is 3.86. The molecule has 0 amide bonds. The van der Waals surface area contributed by atoms with Gasteiger partial charge in [-0.25, -0.2) is 0 Å². The molecule has 0 saturated carbocycles. The summed E-state index contributed by atoms with van der Waals surface area (Å²) in [6.07, 6.45) is 1.18. The lowest BCUT2D eigenvalue weighted by Gasteiger charge is -2.22. The van der Waals surface area contributed by atoms with Crippen LogP contribution in [0.15, 0.2) is 24.3 Å². The van der Waals surface area contributed by atoms with Crippen LogP contribution in [0.4, 0.5) is 0 Å². The second-order valence-electron chi connectivity index (χ2n) is 4.37. The highest BCUT2D eigenvalue weighted by Gasteiger charge is 2.22. The number of hydrogen-bond acceptors (Lipinski definition) is 3. The minimum atomic E-state index is -0.209. The van der Waals surface area contributed by atoms with E-state index < -0.39 is 0 Å². The predicted octanol–water partition coefficient (Wildman–Crippen LogP) is 2.38. The number of methoxy groups -OCH3 is 1. The van der Waals surface area contributed by atoms with Gasteiger partial charge in [-0.05, 0) is 18.9 Å². The van der Waals surface area contributed by atoms with Gasteiger partial charge in [0.25, 0.3) is 0 Å². The molecule has 0 bridgehead atoms. The molecule has 17 heavy (non-hydrogen) atoms. The molecule has 0 fully saturated rings. The molecule has 0 radical (unpaired) electrons. The molecule has 0 heterocycles. The van der Waals surface area contributed by atoms with Crippen LogP contribution in [0.2, 0.25) is 0 Å². The van der Waals surface area contributed by atoms with Crippen molar-refractivity contribution >= 4 is 5.97 Å². The fraction of sp³-hybridized carbons (Fsp3) is 0.500. The Bertz CT molecular complexity index is 359. The van der Waals surface area contributed by atoms with E-state index in [1.165, 1.54) is 12.7 Å². The van der Waals surface area contributed by atoms with Gasteiger partial charge in [-0.3, -0.25) is 4.79 Å². The van der Waals surface area contributed by atoms with Crippen molar-refractivity contribution in [3.8, 4) is 0 Å². The summed E-state index contributed by atoms with van der Waals surface area (Å²) >= 11 is 0. The molecule has 1 aromatic carbocycles. The Hall–Kier alpha value is -1.35. The highest BCUT2D eigenvalue weighted by molar-refractivity contribution is 5.70. The molecule has 94 valence electrons. The van der Waals surface area contributed by atoms with Crippen LogP contribution in [-0.2, 0) is 9.53 Å². The second kappa shape index (κ2) is 6.40. The van der Waals surface area contributed by atoms with Crippen molar-refractivity contribution in [1.29, 1.82) is 0 Å². The number of aryl methyl sites for hydroxylation is 1. The van der Waals surface area contributed by atoms with Gasteiger partial charge in [0, 0.05) is 12.0 Å². The first-order valence-electron chi connectivity index (χ1n) is 5.97. The number of hydrogen-bond donors (Lipinski definition) is 1. The Morgan fingerprint density at radius 1 is 1.35 bits per heavy atom. The number of carbonyl (C=O) groups excluding carboxylic acids is 1. The van der Waals surface area contributed by atoms with Gasteiger partial charge in [0.1, 0.15) is 0 Å². The number of ether oxygens (including phenoxy) is 1. The molecule has 1 rings (SSSR count). The van der Waals surface area contributed by atoms with Crippen molar-refractivity contribution in [1.82, 2.24) is 0 Å². The van der Waals surface area contributed by atoms with E-state index in [9.17, 15) is 4.79 Å². The number of benzene rings is 1. The molecule has 0 aliphatic heterocycles. The van der Waals surface area contributed by atoms with E-state index in [-0.39, 0.29) is 17.9 Å². The Balaban J connectivity index is 2.89. The maximum absolute atomic E-state index is 11.4. The van der Waals surface area contributed by atoms with Crippen LogP contribution >= 0.6 is 0 Å². The summed E-state index contributed by atoms with van der Waals surface area (Å²) in [6.45, 7) is 4.07. The minimum Gasteiger partial charge on any atom is -0.469 e. The van der Waals surface area contributed by atoms with Crippen molar-refractivity contribution in [2.24, 2.45) is 5.73 Å². The van der Waals surface area contributed by atoms with E-state index in [2.05, 4.69) is 0 Å². The molecule has 3 heteroatoms. The van der Waals surface area contributed by atoms with Gasteiger partial charge in [-0.1, -0.05) is 36.8 Å². The molecular weight excluding hydrogens is 214 g/mol. The topological polar surface area (TPSA) is 52.3 Å². The Morgan fingerprint density at radius 3 is 2.41 bits per heavy atom. The van der Waals surface area contributed by atoms with E-state index in [4.69, 9.17) is 10.5 Å². The predicted molar refractivity (Wildman–Crippen MR) is 68.8 cm³/mol. The lowest BCUT2D eigenvalue weighted by Crippen LogP contribution is -2.29. The van der Waals surface area contributed by atoms with Crippen LogP contribution in [-0.4, -0.2) is 19.1 Å². The number of carbonyl (C=O) groups is 1. The molecule has 0 aromatic heterocycles. The zero-order valence-corrected chi connectivity index (χ0v) is 10.8. The van der Waals surface area contributed by atoms with Gasteiger partial charge >= 0.3 is 5.97 Å². The smallest absolute Gasteiger partial charge is 0.306 e. The zero-order chi connectivity index (χ0) is 12.8. The van der Waals surface area contributed by atoms with Gasteiger partial charge in [-0.15, -0.1) is 0 Å². The van der Waals surface area contributed by atoms with Crippen LogP contribution < -0.4 is 5.73 Å². The lowest BCUT2D eigenvalue weighted by molar-refractivity contribution is -0.141. The van der Waals surface area contributed by atoms with Gasteiger partial charge < -0.3 is 10.5 Å². The third-order valence-electron chi connectivity index (χ3n) is 3.11. The zero-order valence-electron chi connectivity index (χ0n) is 10.8. The summed E-state index contributed by atoms with van der Waals surface area (Å²) in [5.41, 5.74) is 8.39. The molecule has 2 N–H and O–H groups in total. The van der Waals surface area contributed by atoms with E-state index in [1.54, 1.807) is 0 Å². The molecule has 1 aromatic rings. The molecule has 2 unspecified atom stereocenters. The SMILES string of the molecule is CCC(N)C(CC(=O)OC)c1ccc(C)cc1. The number of nitrogens with two attached hydrogens (primary N) is 1. The second-order valence-corrected chi connectivity index (χ2v) is 4.37. The van der Waals surface area contributed by atoms with Gasteiger partial charge in [0.05, 0.1) is 13.5 Å². The molecule has 0 spiro atoms. The fourth-order valence-corrected chi connectivity index (χ4v) is 1.88. The Morgan fingerprint density at radius 2 is 1.94 bits per heavy atom. The maximum atomic E-state index is 11.4. The average molecular weight is 235 g/mol. The largest absolute Gasteiger partial charge is 0.469 e. The minimum absolute atomic E-state index is 0.0168. The van der Waals surface area contributed by atoms with Crippen molar-refractivity contribution in [3.05, 3.63) is 35.4 Å². The Labute approximate surface area is 103 Å². The van der Waals surface area contributed by atoms with Crippen LogP contribution in [0.1, 0.15) is 36.8 Å². The van der Waals surface area contributed by atoms with E-state index in [0.717, 1.165) is 12.0 Å². The van der Waals surface area contributed by atoms with Crippen molar-refractivity contribution in [2.45, 2.75) is 38.6 Å². The molecule has 3 nitrogen and oxygen atoms in total. The van der Waals surface area contributed by atoms with Gasteiger partial charge in [0.15, 0.2) is 0 Å². The quantitative estimate of drug-likeness (QED) is 0.797. The van der Waals surface area contributed by atoms with E-state index >= 15 is 0 Å². The molecule has 0 aliphatic carbocycles. The first kappa shape index (κ1) is 13.7. The van der Waals surface area contributed by atoms with Gasteiger partial charge in [0.2, 0.25) is 0 Å². The number of rotatable bonds is 5. The average Bonchev–Trinajstić information content (AvgIpc) is 2.36. The Kier molecular flexibility index (Phi) is 5.16. The maximum Gasteiger partial charge on any atom is 0.306 e. The van der Waals surface area contributed by atoms with Crippen molar-refractivity contribution in [2.75, 3.05) is 7.11 Å². The first-order chi connectivity index (χ1) is 8.08. The van der Waals surface area contributed by atoms with Crippen LogP contribution in [0.5, 0.6) is 0 Å². The van der Waals surface area contributed by atoms with Gasteiger partial charge in [-0.2, -0.15) is 0 Å². The summed E-state index contributed by atoms with van der Waals surface area (Å²) < 4.78 is 4.73. The summed E-state index contributed by atoms with van der Waals surface area (Å²) in [6, 6.07) is 8.15. The van der Waals surface area contributed by atoms with Crippen LogP contribution in [0, 0.1) is 6.92 Å². The summed E-state index contributed by atoms with van der Waals surface area (Å²) in [4.78, 5) is 11.4. The van der Waals surface area contributed by atoms with Crippen LogP contribution in [0.3, 0.4) is 0 Å². The summed E-state index contributed by atoms with van der Waals surface area (Å²) in [5, 5.41) is 0. The summed E-state index contributed by atoms with van der Waals surface area (Å²) in [7, 11) is 1.41. The number of esters is 1. The molecule has 0 aliphatic rings. The van der Waals surface area contributed by atoms with E-state index in [1.807, 2.05) is 38.1 Å². The van der Waals surface area contributed by atoms with Crippen LogP contribution in [0.25, 0.3) is 0 Å². The van der Waals surface area contributed by atoms with E-state index in [0.29, 0.717) is 6.42 Å². The molecular formula is C14H21NO2. The first-order valence-corrected chi connectivity index (χ1v) is 5.97. The fourth-order valence-electron chi connectivity index (χ4n) is 1.88. The summed E-state index contributed by atoms with van der Waals surface area (Å²) in [5.74, 6) is -0.174. The molecule has 0 saturated heterocycles. The highest BCUT2D eigenvalue weighted by Crippen LogP contribution is 2.25. The third-order valence-corrected chi connectivity index (χ3v) is 3.11. The van der Waals surface area contributed by atoms with Crippen molar-refractivity contribution in [3.63, 3.8) is 0 Å². The highest BCUT2D eigenvalue weighted by atomic mass is 16.5.